The van der Waals surface area contributed by atoms with Gasteiger partial charge in [0.2, 0.25) is 0 Å². The van der Waals surface area contributed by atoms with Gasteiger partial charge in [0.15, 0.2) is 0 Å². The highest BCUT2D eigenvalue weighted by molar-refractivity contribution is 7.11. The number of hydrogen-bond donors (Lipinski definition) is 1. The maximum absolute atomic E-state index is 13.0. The van der Waals surface area contributed by atoms with Crippen molar-refractivity contribution in [1.82, 2.24) is 15.5 Å². The Labute approximate surface area is 110 Å². The monoisotopic (exact) mass is 265 g/mol. The van der Waals surface area contributed by atoms with E-state index in [4.69, 9.17) is 0 Å². The first kappa shape index (κ1) is 13.1. The SMILES string of the molecule is CC(C)NCc1nnc(Cc2cccc(F)c2)s1. The number of hydrogen-bond acceptors (Lipinski definition) is 4. The highest BCUT2D eigenvalue weighted by Gasteiger charge is 2.06. The fourth-order valence-electron chi connectivity index (χ4n) is 1.54. The second kappa shape index (κ2) is 6.02. The molecule has 5 heteroatoms. The predicted molar refractivity (Wildman–Crippen MR) is 71.1 cm³/mol. The maximum Gasteiger partial charge on any atom is 0.131 e. The number of benzene rings is 1. The van der Waals surface area contributed by atoms with Crippen molar-refractivity contribution < 1.29 is 4.39 Å². The molecule has 0 aliphatic rings. The molecule has 0 spiro atoms. The first-order chi connectivity index (χ1) is 8.63. The van der Waals surface area contributed by atoms with E-state index in [1.807, 2.05) is 6.07 Å². The van der Waals surface area contributed by atoms with Crippen LogP contribution in [0.15, 0.2) is 24.3 Å². The number of nitrogens with one attached hydrogen (secondary N) is 1. The van der Waals surface area contributed by atoms with Crippen LogP contribution in [0.25, 0.3) is 0 Å². The molecular weight excluding hydrogens is 249 g/mol. The third-order valence-electron chi connectivity index (χ3n) is 2.41. The van der Waals surface area contributed by atoms with Crippen molar-refractivity contribution in [3.05, 3.63) is 45.7 Å². The zero-order chi connectivity index (χ0) is 13.0. The Balaban J connectivity index is 1.98. The van der Waals surface area contributed by atoms with Gasteiger partial charge < -0.3 is 5.32 Å². The average molecular weight is 265 g/mol. The van der Waals surface area contributed by atoms with Gasteiger partial charge in [-0.2, -0.15) is 0 Å². The summed E-state index contributed by atoms with van der Waals surface area (Å²) in [5.41, 5.74) is 0.925. The fraction of sp³-hybridized carbons (Fsp3) is 0.385. The van der Waals surface area contributed by atoms with E-state index in [0.717, 1.165) is 22.1 Å². The molecule has 2 aromatic rings. The first-order valence-electron chi connectivity index (χ1n) is 5.92. The number of halogens is 1. The van der Waals surface area contributed by atoms with E-state index < -0.39 is 0 Å². The summed E-state index contributed by atoms with van der Waals surface area (Å²) in [6.07, 6.45) is 0.636. The summed E-state index contributed by atoms with van der Waals surface area (Å²) in [6, 6.07) is 7.03. The van der Waals surface area contributed by atoms with Crippen LogP contribution in [0.5, 0.6) is 0 Å². The zero-order valence-electron chi connectivity index (χ0n) is 10.5. The summed E-state index contributed by atoms with van der Waals surface area (Å²) in [7, 11) is 0. The second-order valence-electron chi connectivity index (χ2n) is 4.43. The molecule has 18 heavy (non-hydrogen) atoms. The largest absolute Gasteiger partial charge is 0.308 e. The summed E-state index contributed by atoms with van der Waals surface area (Å²) in [4.78, 5) is 0. The van der Waals surface area contributed by atoms with E-state index >= 15 is 0 Å². The Bertz CT molecular complexity index is 510. The standard InChI is InChI=1S/C13H16FN3S/c1-9(2)15-8-13-17-16-12(18-13)7-10-4-3-5-11(14)6-10/h3-6,9,15H,7-8H2,1-2H3. The van der Waals surface area contributed by atoms with Crippen molar-refractivity contribution in [3.63, 3.8) is 0 Å². The summed E-state index contributed by atoms with van der Waals surface area (Å²) < 4.78 is 13.0. The lowest BCUT2D eigenvalue weighted by molar-refractivity contribution is 0.584. The summed E-state index contributed by atoms with van der Waals surface area (Å²) >= 11 is 1.57. The van der Waals surface area contributed by atoms with Gasteiger partial charge in [-0.3, -0.25) is 0 Å². The fourth-order valence-corrected chi connectivity index (χ4v) is 2.37. The zero-order valence-corrected chi connectivity index (χ0v) is 11.3. The first-order valence-corrected chi connectivity index (χ1v) is 6.74. The maximum atomic E-state index is 13.0. The van der Waals surface area contributed by atoms with Crippen molar-refractivity contribution in [2.24, 2.45) is 0 Å². The molecule has 1 aromatic heterocycles. The Morgan fingerprint density at radius 3 is 2.78 bits per heavy atom. The molecule has 3 nitrogen and oxygen atoms in total. The Kier molecular flexibility index (Phi) is 4.38. The van der Waals surface area contributed by atoms with Crippen molar-refractivity contribution in [3.8, 4) is 0 Å². The lowest BCUT2D eigenvalue weighted by Gasteiger charge is -2.03. The molecule has 0 amide bonds. The molecule has 0 radical (unpaired) electrons. The molecule has 0 saturated carbocycles. The Hall–Kier alpha value is -1.33. The van der Waals surface area contributed by atoms with Gasteiger partial charge >= 0.3 is 0 Å². The number of nitrogens with zero attached hydrogens (tertiary/aromatic N) is 2. The van der Waals surface area contributed by atoms with Gasteiger partial charge in [-0.05, 0) is 17.7 Å². The normalized spacial score (nSPS) is 11.1. The van der Waals surface area contributed by atoms with Crippen LogP contribution < -0.4 is 5.32 Å². The van der Waals surface area contributed by atoms with E-state index in [1.54, 1.807) is 17.4 Å². The van der Waals surface area contributed by atoms with Gasteiger partial charge in [0.05, 0.1) is 0 Å². The minimum atomic E-state index is -0.210. The molecule has 96 valence electrons. The average Bonchev–Trinajstić information content (AvgIpc) is 2.74. The Morgan fingerprint density at radius 1 is 1.28 bits per heavy atom. The van der Waals surface area contributed by atoms with E-state index in [0.29, 0.717) is 12.5 Å². The summed E-state index contributed by atoms with van der Waals surface area (Å²) in [6.45, 7) is 4.92. The third-order valence-corrected chi connectivity index (χ3v) is 3.34. The Morgan fingerprint density at radius 2 is 2.06 bits per heavy atom. The predicted octanol–water partition coefficient (Wildman–Crippen LogP) is 2.77. The van der Waals surface area contributed by atoms with Crippen molar-refractivity contribution in [1.29, 1.82) is 0 Å². The van der Waals surface area contributed by atoms with Crippen LogP contribution in [0.2, 0.25) is 0 Å². The van der Waals surface area contributed by atoms with Crippen LogP contribution in [0.3, 0.4) is 0 Å². The van der Waals surface area contributed by atoms with Gasteiger partial charge in [-0.1, -0.05) is 37.3 Å². The second-order valence-corrected chi connectivity index (χ2v) is 5.58. The van der Waals surface area contributed by atoms with Crippen LogP contribution in [0.1, 0.15) is 29.4 Å². The molecule has 0 unspecified atom stereocenters. The van der Waals surface area contributed by atoms with Crippen molar-refractivity contribution in [2.75, 3.05) is 0 Å². The molecule has 2 rings (SSSR count). The minimum absolute atomic E-state index is 0.210. The lowest BCUT2D eigenvalue weighted by atomic mass is 10.1. The molecule has 0 saturated heterocycles. The molecule has 0 aliphatic carbocycles. The lowest BCUT2D eigenvalue weighted by Crippen LogP contribution is -2.21. The van der Waals surface area contributed by atoms with Gasteiger partial charge in [0.25, 0.3) is 0 Å². The van der Waals surface area contributed by atoms with Gasteiger partial charge in [0, 0.05) is 19.0 Å². The molecule has 0 atom stereocenters. The third kappa shape index (κ3) is 3.85. The molecule has 0 aliphatic heterocycles. The van der Waals surface area contributed by atoms with Crippen LogP contribution in [-0.2, 0) is 13.0 Å². The quantitative estimate of drug-likeness (QED) is 0.903. The summed E-state index contributed by atoms with van der Waals surface area (Å²) in [5, 5.41) is 13.4. The highest BCUT2D eigenvalue weighted by Crippen LogP contribution is 2.15. The van der Waals surface area contributed by atoms with Crippen molar-refractivity contribution in [2.45, 2.75) is 32.9 Å². The molecule has 1 heterocycles. The molecule has 1 aromatic carbocycles. The van der Waals surface area contributed by atoms with Crippen LogP contribution >= 0.6 is 11.3 Å². The minimum Gasteiger partial charge on any atom is -0.308 e. The van der Waals surface area contributed by atoms with E-state index in [2.05, 4.69) is 29.4 Å². The highest BCUT2D eigenvalue weighted by atomic mass is 32.1. The molecule has 1 N–H and O–H groups in total. The molecular formula is C13H16FN3S. The molecule has 0 bridgehead atoms. The number of aromatic nitrogens is 2. The topological polar surface area (TPSA) is 37.8 Å². The van der Waals surface area contributed by atoms with Gasteiger partial charge in [0.1, 0.15) is 15.8 Å². The van der Waals surface area contributed by atoms with Crippen LogP contribution in [0, 0.1) is 5.82 Å². The summed E-state index contributed by atoms with van der Waals surface area (Å²) in [5.74, 6) is -0.210. The van der Waals surface area contributed by atoms with Gasteiger partial charge in [-0.15, -0.1) is 10.2 Å². The number of rotatable bonds is 5. The van der Waals surface area contributed by atoms with Crippen LogP contribution in [-0.4, -0.2) is 16.2 Å². The van der Waals surface area contributed by atoms with E-state index in [9.17, 15) is 4.39 Å². The molecule has 0 fully saturated rings. The smallest absolute Gasteiger partial charge is 0.131 e. The van der Waals surface area contributed by atoms with Crippen LogP contribution in [0.4, 0.5) is 4.39 Å². The van der Waals surface area contributed by atoms with E-state index in [1.165, 1.54) is 12.1 Å². The van der Waals surface area contributed by atoms with Gasteiger partial charge in [-0.25, -0.2) is 4.39 Å². The van der Waals surface area contributed by atoms with E-state index in [-0.39, 0.29) is 5.82 Å². The van der Waals surface area contributed by atoms with Crippen molar-refractivity contribution >= 4 is 11.3 Å².